The quantitative estimate of drug-likeness (QED) is 0.868. The van der Waals surface area contributed by atoms with E-state index in [9.17, 15) is 0 Å². The molecule has 0 bridgehead atoms. The van der Waals surface area contributed by atoms with Gasteiger partial charge >= 0.3 is 0 Å². The van der Waals surface area contributed by atoms with E-state index in [1.807, 2.05) is 6.07 Å². The van der Waals surface area contributed by atoms with Crippen LogP contribution in [0.1, 0.15) is 38.3 Å². The molecule has 2 heteroatoms. The zero-order valence-corrected chi connectivity index (χ0v) is 11.0. The van der Waals surface area contributed by atoms with Crippen molar-refractivity contribution in [1.29, 1.82) is 0 Å². The van der Waals surface area contributed by atoms with Crippen LogP contribution in [0, 0.1) is 5.92 Å². The summed E-state index contributed by atoms with van der Waals surface area (Å²) in [6.07, 6.45) is 2.62. The van der Waals surface area contributed by atoms with Gasteiger partial charge in [-0.05, 0) is 37.8 Å². The smallest absolute Gasteiger partial charge is 0.0424 e. The zero-order valence-electron chi connectivity index (χ0n) is 11.0. The van der Waals surface area contributed by atoms with Gasteiger partial charge in [0.25, 0.3) is 0 Å². The Morgan fingerprint density at radius 3 is 2.65 bits per heavy atom. The molecule has 1 aromatic rings. The second-order valence-electron chi connectivity index (χ2n) is 5.49. The van der Waals surface area contributed by atoms with Gasteiger partial charge in [0.15, 0.2) is 0 Å². The molecular formula is C15H24N2. The summed E-state index contributed by atoms with van der Waals surface area (Å²) in [4.78, 5) is 2.54. The maximum atomic E-state index is 6.28. The van der Waals surface area contributed by atoms with E-state index < -0.39 is 0 Å². The Balaban J connectivity index is 1.93. The topological polar surface area (TPSA) is 29.3 Å². The number of rotatable bonds is 3. The Morgan fingerprint density at radius 1 is 1.29 bits per heavy atom. The molecule has 1 fully saturated rings. The van der Waals surface area contributed by atoms with Crippen LogP contribution in [-0.2, 0) is 0 Å². The number of nitrogens with two attached hydrogens (primary N) is 1. The van der Waals surface area contributed by atoms with Gasteiger partial charge in [-0.1, -0.05) is 37.3 Å². The fraction of sp³-hybridized carbons (Fsp3) is 0.600. The maximum Gasteiger partial charge on any atom is 0.0424 e. The largest absolute Gasteiger partial charge is 0.323 e. The third-order valence-corrected chi connectivity index (χ3v) is 3.93. The Hall–Kier alpha value is -0.860. The minimum Gasteiger partial charge on any atom is -0.323 e. The predicted molar refractivity (Wildman–Crippen MR) is 72.8 cm³/mol. The van der Waals surface area contributed by atoms with Crippen molar-refractivity contribution >= 4 is 0 Å². The number of nitrogens with zero attached hydrogens (tertiary/aromatic N) is 1. The summed E-state index contributed by atoms with van der Waals surface area (Å²) in [5, 5.41) is 0. The normalized spacial score (nSPS) is 27.9. The van der Waals surface area contributed by atoms with Crippen LogP contribution in [0.15, 0.2) is 30.3 Å². The van der Waals surface area contributed by atoms with Crippen LogP contribution < -0.4 is 5.73 Å². The van der Waals surface area contributed by atoms with Crippen LogP contribution in [0.25, 0.3) is 0 Å². The molecule has 0 radical (unpaired) electrons. The lowest BCUT2D eigenvalue weighted by Crippen LogP contribution is -2.43. The van der Waals surface area contributed by atoms with Crippen LogP contribution in [0.4, 0.5) is 0 Å². The summed E-state index contributed by atoms with van der Waals surface area (Å²) >= 11 is 0. The van der Waals surface area contributed by atoms with Gasteiger partial charge in [0.2, 0.25) is 0 Å². The van der Waals surface area contributed by atoms with Crippen molar-refractivity contribution in [3.05, 3.63) is 35.9 Å². The fourth-order valence-corrected chi connectivity index (χ4v) is 2.79. The minimum absolute atomic E-state index is 0.145. The lowest BCUT2D eigenvalue weighted by atomic mass is 9.92. The number of benzene rings is 1. The second kappa shape index (κ2) is 5.65. The number of hydrogen-bond acceptors (Lipinski definition) is 2. The summed E-state index contributed by atoms with van der Waals surface area (Å²) < 4.78 is 0. The van der Waals surface area contributed by atoms with Gasteiger partial charge in [-0.3, -0.25) is 4.90 Å². The molecule has 0 saturated carbocycles. The lowest BCUT2D eigenvalue weighted by molar-refractivity contribution is 0.122. The highest BCUT2D eigenvalue weighted by Gasteiger charge is 2.24. The summed E-state index contributed by atoms with van der Waals surface area (Å²) in [7, 11) is 0. The summed E-state index contributed by atoms with van der Waals surface area (Å²) in [5.41, 5.74) is 7.53. The van der Waals surface area contributed by atoms with Crippen molar-refractivity contribution in [2.45, 2.75) is 38.8 Å². The average Bonchev–Trinajstić information content (AvgIpc) is 2.34. The van der Waals surface area contributed by atoms with Gasteiger partial charge in [-0.15, -0.1) is 0 Å². The van der Waals surface area contributed by atoms with E-state index in [1.54, 1.807) is 0 Å². The van der Waals surface area contributed by atoms with Crippen LogP contribution in [0.3, 0.4) is 0 Å². The van der Waals surface area contributed by atoms with Crippen molar-refractivity contribution in [2.75, 3.05) is 13.1 Å². The first kappa shape index (κ1) is 12.6. The van der Waals surface area contributed by atoms with E-state index in [2.05, 4.69) is 43.0 Å². The molecule has 17 heavy (non-hydrogen) atoms. The van der Waals surface area contributed by atoms with Gasteiger partial charge in [-0.2, -0.15) is 0 Å². The second-order valence-corrected chi connectivity index (χ2v) is 5.49. The molecule has 1 aliphatic rings. The predicted octanol–water partition coefficient (Wildman–Crippen LogP) is 2.81. The fourth-order valence-electron chi connectivity index (χ4n) is 2.79. The van der Waals surface area contributed by atoms with Crippen molar-refractivity contribution in [2.24, 2.45) is 11.7 Å². The van der Waals surface area contributed by atoms with Crippen LogP contribution >= 0.6 is 0 Å². The van der Waals surface area contributed by atoms with E-state index in [4.69, 9.17) is 5.73 Å². The average molecular weight is 232 g/mol. The molecule has 94 valence electrons. The molecule has 0 aromatic heterocycles. The molecule has 1 aromatic carbocycles. The minimum atomic E-state index is 0.145. The molecule has 0 spiro atoms. The Morgan fingerprint density at radius 2 is 2.00 bits per heavy atom. The van der Waals surface area contributed by atoms with E-state index in [1.165, 1.54) is 24.9 Å². The molecule has 0 aliphatic carbocycles. The van der Waals surface area contributed by atoms with Crippen LogP contribution in [0.5, 0.6) is 0 Å². The van der Waals surface area contributed by atoms with E-state index in [0.717, 1.165) is 12.5 Å². The van der Waals surface area contributed by atoms with E-state index >= 15 is 0 Å². The molecular weight excluding hydrogens is 208 g/mol. The SMILES string of the molecule is CC1CCN(C[C@@H](N)c2ccccc2)C(C)C1. The van der Waals surface area contributed by atoms with Crippen LogP contribution in [-0.4, -0.2) is 24.0 Å². The van der Waals surface area contributed by atoms with Crippen LogP contribution in [0.2, 0.25) is 0 Å². The standard InChI is InChI=1S/C15H24N2/c1-12-8-9-17(13(2)10-12)11-15(16)14-6-4-3-5-7-14/h3-7,12-13,15H,8-11,16H2,1-2H3/t12?,13?,15-/m1/s1. The Labute approximate surface area is 105 Å². The third kappa shape index (κ3) is 3.30. The van der Waals surface area contributed by atoms with Gasteiger partial charge in [0, 0.05) is 18.6 Å². The number of likely N-dealkylation sites (tertiary alicyclic amines) is 1. The van der Waals surface area contributed by atoms with E-state index in [-0.39, 0.29) is 6.04 Å². The Kier molecular flexibility index (Phi) is 4.19. The van der Waals surface area contributed by atoms with Crippen molar-refractivity contribution < 1.29 is 0 Å². The summed E-state index contributed by atoms with van der Waals surface area (Å²) in [6.45, 7) is 6.86. The van der Waals surface area contributed by atoms with Crippen molar-refractivity contribution in [1.82, 2.24) is 4.90 Å². The Bertz CT molecular complexity index is 336. The molecule has 2 rings (SSSR count). The zero-order chi connectivity index (χ0) is 12.3. The first-order chi connectivity index (χ1) is 8.16. The molecule has 2 nitrogen and oxygen atoms in total. The van der Waals surface area contributed by atoms with Gasteiger partial charge in [0.05, 0.1) is 0 Å². The lowest BCUT2D eigenvalue weighted by Gasteiger charge is -2.37. The van der Waals surface area contributed by atoms with Gasteiger partial charge in [0.1, 0.15) is 0 Å². The summed E-state index contributed by atoms with van der Waals surface area (Å²) in [6, 6.07) is 11.2. The maximum absolute atomic E-state index is 6.28. The molecule has 3 atom stereocenters. The first-order valence-electron chi connectivity index (χ1n) is 6.71. The monoisotopic (exact) mass is 232 g/mol. The van der Waals surface area contributed by atoms with Gasteiger partial charge < -0.3 is 5.73 Å². The molecule has 1 saturated heterocycles. The number of piperidine rings is 1. The van der Waals surface area contributed by atoms with E-state index in [0.29, 0.717) is 6.04 Å². The number of hydrogen-bond donors (Lipinski definition) is 1. The molecule has 1 heterocycles. The first-order valence-corrected chi connectivity index (χ1v) is 6.71. The highest BCUT2D eigenvalue weighted by Crippen LogP contribution is 2.23. The third-order valence-electron chi connectivity index (χ3n) is 3.93. The van der Waals surface area contributed by atoms with Crippen molar-refractivity contribution in [3.8, 4) is 0 Å². The molecule has 2 N–H and O–H groups in total. The molecule has 0 amide bonds. The highest BCUT2D eigenvalue weighted by atomic mass is 15.2. The van der Waals surface area contributed by atoms with Gasteiger partial charge in [-0.25, -0.2) is 0 Å². The highest BCUT2D eigenvalue weighted by molar-refractivity contribution is 5.18. The van der Waals surface area contributed by atoms with Crippen molar-refractivity contribution in [3.63, 3.8) is 0 Å². The summed E-state index contributed by atoms with van der Waals surface area (Å²) in [5.74, 6) is 0.870. The molecule has 1 aliphatic heterocycles. The molecule has 2 unspecified atom stereocenters.